The molecule has 1 fully saturated rings. The van der Waals surface area contributed by atoms with Crippen molar-refractivity contribution >= 4 is 11.1 Å². The summed E-state index contributed by atoms with van der Waals surface area (Å²) in [5.74, 6) is 1.46. The highest BCUT2D eigenvalue weighted by molar-refractivity contribution is 5.73. The van der Waals surface area contributed by atoms with E-state index >= 15 is 0 Å². The normalized spacial score (nSPS) is 17.9. The quantitative estimate of drug-likeness (QED) is 0.918. The molecule has 0 aliphatic heterocycles. The molecule has 0 bridgehead atoms. The molecular formula is C16H22N2O. The molecule has 0 radical (unpaired) electrons. The van der Waals surface area contributed by atoms with E-state index in [1.54, 1.807) is 0 Å². The van der Waals surface area contributed by atoms with Gasteiger partial charge in [0.2, 0.25) is 0 Å². The highest BCUT2D eigenvalue weighted by Gasteiger charge is 2.29. The van der Waals surface area contributed by atoms with Gasteiger partial charge in [0.15, 0.2) is 11.5 Å². The van der Waals surface area contributed by atoms with Gasteiger partial charge in [-0.1, -0.05) is 26.8 Å². The number of hydrogen-bond acceptors (Lipinski definition) is 3. The first kappa shape index (κ1) is 12.7. The lowest BCUT2D eigenvalue weighted by molar-refractivity contribution is 0.475. The average molecular weight is 258 g/mol. The summed E-state index contributed by atoms with van der Waals surface area (Å²) >= 11 is 0. The molecule has 1 aliphatic rings. The van der Waals surface area contributed by atoms with Gasteiger partial charge >= 0.3 is 0 Å². The third-order valence-electron chi connectivity index (χ3n) is 3.94. The number of oxazole rings is 1. The molecule has 3 nitrogen and oxygen atoms in total. The summed E-state index contributed by atoms with van der Waals surface area (Å²) in [6.07, 6.45) is 3.27. The van der Waals surface area contributed by atoms with Gasteiger partial charge in [0.25, 0.3) is 0 Å². The molecule has 102 valence electrons. The van der Waals surface area contributed by atoms with Crippen LogP contribution in [-0.2, 0) is 11.8 Å². The van der Waals surface area contributed by atoms with Crippen molar-refractivity contribution in [3.8, 4) is 0 Å². The topological polar surface area (TPSA) is 52.0 Å². The van der Waals surface area contributed by atoms with E-state index in [4.69, 9.17) is 10.2 Å². The van der Waals surface area contributed by atoms with Gasteiger partial charge in [0, 0.05) is 12.5 Å². The van der Waals surface area contributed by atoms with Crippen LogP contribution < -0.4 is 5.73 Å². The SMILES string of the molecule is CC(C)(C)c1ccc2oc(CC(N)C3CC3)nc2c1. The Morgan fingerprint density at radius 2 is 2.11 bits per heavy atom. The van der Waals surface area contributed by atoms with E-state index in [-0.39, 0.29) is 11.5 Å². The Labute approximate surface area is 114 Å². The lowest BCUT2D eigenvalue weighted by Gasteiger charge is -2.18. The largest absolute Gasteiger partial charge is 0.441 e. The smallest absolute Gasteiger partial charge is 0.197 e. The van der Waals surface area contributed by atoms with Crippen LogP contribution in [-0.4, -0.2) is 11.0 Å². The first-order valence-electron chi connectivity index (χ1n) is 7.09. The van der Waals surface area contributed by atoms with Crippen LogP contribution in [0.2, 0.25) is 0 Å². The van der Waals surface area contributed by atoms with Gasteiger partial charge in [-0.3, -0.25) is 0 Å². The van der Waals surface area contributed by atoms with E-state index in [0.717, 1.165) is 23.4 Å². The summed E-state index contributed by atoms with van der Waals surface area (Å²) in [5.41, 5.74) is 9.37. The minimum Gasteiger partial charge on any atom is -0.441 e. The molecule has 1 saturated carbocycles. The molecule has 1 aromatic carbocycles. The van der Waals surface area contributed by atoms with Gasteiger partial charge < -0.3 is 10.2 Å². The van der Waals surface area contributed by atoms with E-state index in [2.05, 4.69) is 37.9 Å². The molecule has 1 aliphatic carbocycles. The standard InChI is InChI=1S/C16H22N2O/c1-16(2,3)11-6-7-14-13(8-11)18-15(19-14)9-12(17)10-4-5-10/h6-8,10,12H,4-5,9,17H2,1-3H3. The molecule has 1 aromatic heterocycles. The minimum atomic E-state index is 0.137. The van der Waals surface area contributed by atoms with Crippen LogP contribution in [0.3, 0.4) is 0 Å². The second-order valence-electron chi connectivity index (χ2n) is 6.75. The number of hydrogen-bond donors (Lipinski definition) is 1. The third kappa shape index (κ3) is 2.66. The van der Waals surface area contributed by atoms with Crippen LogP contribution in [0.15, 0.2) is 22.6 Å². The zero-order valence-corrected chi connectivity index (χ0v) is 11.9. The molecule has 2 N–H and O–H groups in total. The van der Waals surface area contributed by atoms with E-state index in [0.29, 0.717) is 5.92 Å². The molecule has 19 heavy (non-hydrogen) atoms. The monoisotopic (exact) mass is 258 g/mol. The molecule has 2 aromatic rings. The second-order valence-corrected chi connectivity index (χ2v) is 6.75. The van der Waals surface area contributed by atoms with Crippen molar-refractivity contribution in [2.24, 2.45) is 11.7 Å². The molecule has 1 heterocycles. The van der Waals surface area contributed by atoms with Gasteiger partial charge in [0.05, 0.1) is 0 Å². The number of nitrogens with two attached hydrogens (primary N) is 1. The summed E-state index contributed by atoms with van der Waals surface area (Å²) in [6, 6.07) is 6.48. The summed E-state index contributed by atoms with van der Waals surface area (Å²) in [6.45, 7) is 6.62. The van der Waals surface area contributed by atoms with Crippen molar-refractivity contribution in [1.29, 1.82) is 0 Å². The number of fused-ring (bicyclic) bond motifs is 1. The number of aromatic nitrogens is 1. The summed E-state index contributed by atoms with van der Waals surface area (Å²) < 4.78 is 5.79. The Morgan fingerprint density at radius 1 is 1.37 bits per heavy atom. The molecule has 1 atom stereocenters. The third-order valence-corrected chi connectivity index (χ3v) is 3.94. The Morgan fingerprint density at radius 3 is 2.74 bits per heavy atom. The first-order valence-corrected chi connectivity index (χ1v) is 7.09. The number of benzene rings is 1. The van der Waals surface area contributed by atoms with Crippen LogP contribution in [0, 0.1) is 5.92 Å². The van der Waals surface area contributed by atoms with Crippen molar-refractivity contribution in [3.05, 3.63) is 29.7 Å². The Balaban J connectivity index is 1.87. The predicted molar refractivity (Wildman–Crippen MR) is 77.1 cm³/mol. The highest BCUT2D eigenvalue weighted by Crippen LogP contribution is 2.33. The van der Waals surface area contributed by atoms with E-state index in [1.807, 2.05) is 6.07 Å². The van der Waals surface area contributed by atoms with Crippen molar-refractivity contribution < 1.29 is 4.42 Å². The van der Waals surface area contributed by atoms with Crippen molar-refractivity contribution in [2.45, 2.75) is 51.5 Å². The molecular weight excluding hydrogens is 236 g/mol. The van der Waals surface area contributed by atoms with Crippen LogP contribution in [0.5, 0.6) is 0 Å². The second kappa shape index (κ2) is 4.34. The minimum absolute atomic E-state index is 0.137. The van der Waals surface area contributed by atoms with Crippen LogP contribution in [0.25, 0.3) is 11.1 Å². The van der Waals surface area contributed by atoms with Gasteiger partial charge in [-0.15, -0.1) is 0 Å². The molecule has 1 unspecified atom stereocenters. The zero-order valence-electron chi connectivity index (χ0n) is 11.9. The van der Waals surface area contributed by atoms with Crippen molar-refractivity contribution in [1.82, 2.24) is 4.98 Å². The fourth-order valence-corrected chi connectivity index (χ4v) is 2.42. The van der Waals surface area contributed by atoms with E-state index < -0.39 is 0 Å². The highest BCUT2D eigenvalue weighted by atomic mass is 16.3. The molecule has 3 heteroatoms. The molecule has 0 amide bonds. The maximum atomic E-state index is 6.13. The summed E-state index contributed by atoms with van der Waals surface area (Å²) in [7, 11) is 0. The maximum Gasteiger partial charge on any atom is 0.197 e. The Bertz CT molecular complexity index is 590. The average Bonchev–Trinajstić information content (AvgIpc) is 3.08. The van der Waals surface area contributed by atoms with Gasteiger partial charge in [-0.25, -0.2) is 4.98 Å². The van der Waals surface area contributed by atoms with Crippen molar-refractivity contribution in [2.75, 3.05) is 0 Å². The lowest BCUT2D eigenvalue weighted by Crippen LogP contribution is -2.25. The molecule has 0 spiro atoms. The fourth-order valence-electron chi connectivity index (χ4n) is 2.42. The van der Waals surface area contributed by atoms with Gasteiger partial charge in [-0.2, -0.15) is 0 Å². The van der Waals surface area contributed by atoms with E-state index in [9.17, 15) is 0 Å². The fraction of sp³-hybridized carbons (Fsp3) is 0.562. The number of nitrogens with zero attached hydrogens (tertiary/aromatic N) is 1. The number of rotatable bonds is 3. The summed E-state index contributed by atoms with van der Waals surface area (Å²) in [5, 5.41) is 0. The Hall–Kier alpha value is -1.35. The predicted octanol–water partition coefficient (Wildman–Crippen LogP) is 3.41. The van der Waals surface area contributed by atoms with Crippen LogP contribution in [0.4, 0.5) is 0 Å². The van der Waals surface area contributed by atoms with Crippen LogP contribution in [0.1, 0.15) is 45.1 Å². The summed E-state index contributed by atoms with van der Waals surface area (Å²) in [4.78, 5) is 4.59. The first-order chi connectivity index (χ1) is 8.93. The van der Waals surface area contributed by atoms with Gasteiger partial charge in [0.1, 0.15) is 5.52 Å². The molecule has 0 saturated heterocycles. The maximum absolute atomic E-state index is 6.13. The zero-order chi connectivity index (χ0) is 13.6. The Kier molecular flexibility index (Phi) is 2.90. The molecule has 3 rings (SSSR count). The van der Waals surface area contributed by atoms with Crippen LogP contribution >= 0.6 is 0 Å². The lowest BCUT2D eigenvalue weighted by atomic mass is 9.87. The van der Waals surface area contributed by atoms with E-state index in [1.165, 1.54) is 18.4 Å². The van der Waals surface area contributed by atoms with Gasteiger partial charge in [-0.05, 0) is 41.9 Å². The van der Waals surface area contributed by atoms with Crippen molar-refractivity contribution in [3.63, 3.8) is 0 Å².